The first-order chi connectivity index (χ1) is 10.5. The van der Waals surface area contributed by atoms with E-state index in [1.807, 2.05) is 37.3 Å². The van der Waals surface area contributed by atoms with Crippen LogP contribution in [-0.2, 0) is 6.42 Å². The van der Waals surface area contributed by atoms with E-state index in [4.69, 9.17) is 11.6 Å². The number of anilines is 1. The molecule has 0 saturated heterocycles. The van der Waals surface area contributed by atoms with Gasteiger partial charge in [0.25, 0.3) is 0 Å². The molecule has 1 aliphatic carbocycles. The van der Waals surface area contributed by atoms with Crippen molar-refractivity contribution in [3.05, 3.63) is 64.2 Å². The molecule has 2 atom stereocenters. The zero-order valence-electron chi connectivity index (χ0n) is 12.1. The lowest BCUT2D eigenvalue weighted by Crippen LogP contribution is -2.36. The number of carbonyl (C=O) groups is 1. The van der Waals surface area contributed by atoms with Crippen LogP contribution < -0.4 is 10.6 Å². The third kappa shape index (κ3) is 2.93. The molecule has 5 heteroatoms. The Hall–Kier alpha value is -2.04. The highest BCUT2D eigenvalue weighted by molar-refractivity contribution is 6.31. The van der Waals surface area contributed by atoms with Gasteiger partial charge in [-0.1, -0.05) is 41.9 Å². The van der Waals surface area contributed by atoms with E-state index in [0.29, 0.717) is 17.1 Å². The van der Waals surface area contributed by atoms with Crippen LogP contribution in [0, 0.1) is 6.92 Å². The minimum Gasteiger partial charge on any atom is -0.390 e. The topological polar surface area (TPSA) is 61.4 Å². The summed E-state index contributed by atoms with van der Waals surface area (Å²) < 4.78 is 0. The van der Waals surface area contributed by atoms with Gasteiger partial charge in [0.15, 0.2) is 0 Å². The van der Waals surface area contributed by atoms with Crippen LogP contribution in [0.2, 0.25) is 5.02 Å². The predicted molar refractivity (Wildman–Crippen MR) is 87.2 cm³/mol. The molecule has 2 amide bonds. The molecule has 3 N–H and O–H groups in total. The molecule has 0 unspecified atom stereocenters. The maximum atomic E-state index is 12.1. The zero-order valence-corrected chi connectivity index (χ0v) is 12.9. The van der Waals surface area contributed by atoms with Crippen molar-refractivity contribution in [2.75, 3.05) is 5.32 Å². The molecule has 0 fully saturated rings. The van der Waals surface area contributed by atoms with Gasteiger partial charge < -0.3 is 15.7 Å². The van der Waals surface area contributed by atoms with Crippen LogP contribution in [0.15, 0.2) is 42.5 Å². The minimum atomic E-state index is -0.607. The van der Waals surface area contributed by atoms with Gasteiger partial charge >= 0.3 is 6.03 Å². The zero-order chi connectivity index (χ0) is 15.7. The Morgan fingerprint density at radius 2 is 2.05 bits per heavy atom. The Balaban J connectivity index is 1.70. The summed E-state index contributed by atoms with van der Waals surface area (Å²) in [5.41, 5.74) is 3.60. The number of carbonyl (C=O) groups excluding carboxylic acids is 1. The Kier molecular flexibility index (Phi) is 4.05. The fourth-order valence-electron chi connectivity index (χ4n) is 2.73. The second-order valence-electron chi connectivity index (χ2n) is 5.51. The second kappa shape index (κ2) is 5.99. The summed E-state index contributed by atoms with van der Waals surface area (Å²) in [6.45, 7) is 1.90. The molecule has 0 saturated carbocycles. The number of hydrogen-bond donors (Lipinski definition) is 3. The lowest BCUT2D eigenvalue weighted by Gasteiger charge is -2.18. The molecule has 0 heterocycles. The van der Waals surface area contributed by atoms with Crippen molar-refractivity contribution in [1.29, 1.82) is 0 Å². The van der Waals surface area contributed by atoms with Crippen LogP contribution in [0.4, 0.5) is 10.5 Å². The molecule has 114 valence electrons. The van der Waals surface area contributed by atoms with E-state index in [0.717, 1.165) is 16.7 Å². The number of aliphatic hydroxyl groups excluding tert-OH is 1. The first-order valence-corrected chi connectivity index (χ1v) is 7.52. The van der Waals surface area contributed by atoms with Crippen LogP contribution in [0.1, 0.15) is 22.7 Å². The quantitative estimate of drug-likeness (QED) is 0.795. The molecule has 0 aliphatic heterocycles. The van der Waals surface area contributed by atoms with Crippen molar-refractivity contribution in [2.24, 2.45) is 0 Å². The van der Waals surface area contributed by atoms with Crippen molar-refractivity contribution in [2.45, 2.75) is 25.5 Å². The Bertz CT molecular complexity index is 718. The Morgan fingerprint density at radius 1 is 1.27 bits per heavy atom. The minimum absolute atomic E-state index is 0.360. The number of aryl methyl sites for hydroxylation is 1. The van der Waals surface area contributed by atoms with Gasteiger partial charge in [0.05, 0.1) is 12.1 Å². The van der Waals surface area contributed by atoms with Gasteiger partial charge in [-0.25, -0.2) is 4.79 Å². The number of amides is 2. The van der Waals surface area contributed by atoms with Crippen molar-refractivity contribution in [1.82, 2.24) is 5.32 Å². The Morgan fingerprint density at radius 3 is 2.82 bits per heavy atom. The van der Waals surface area contributed by atoms with Gasteiger partial charge in [0.1, 0.15) is 0 Å². The maximum Gasteiger partial charge on any atom is 0.319 e. The van der Waals surface area contributed by atoms with E-state index in [2.05, 4.69) is 10.6 Å². The maximum absolute atomic E-state index is 12.1. The van der Waals surface area contributed by atoms with Crippen LogP contribution >= 0.6 is 11.6 Å². The van der Waals surface area contributed by atoms with Crippen molar-refractivity contribution >= 4 is 23.3 Å². The first-order valence-electron chi connectivity index (χ1n) is 7.14. The van der Waals surface area contributed by atoms with Crippen molar-refractivity contribution in [3.63, 3.8) is 0 Å². The number of halogens is 1. The molecule has 4 nitrogen and oxygen atoms in total. The standard InChI is InChI=1S/C17H17ClN2O2/c1-10-6-7-12(9-14(10)18)19-17(22)20-16-13-5-3-2-4-11(13)8-15(16)21/h2-7,9,15-16,21H,8H2,1H3,(H2,19,20,22)/t15-,16+/m0/s1. The summed E-state index contributed by atoms with van der Waals surface area (Å²) in [4.78, 5) is 12.1. The van der Waals surface area contributed by atoms with Gasteiger partial charge in [-0.15, -0.1) is 0 Å². The molecular formula is C17H17ClN2O2. The number of fused-ring (bicyclic) bond motifs is 1. The average Bonchev–Trinajstić information content (AvgIpc) is 2.79. The normalized spacial score (nSPS) is 19.6. The van der Waals surface area contributed by atoms with Crippen LogP contribution in [0.25, 0.3) is 0 Å². The largest absolute Gasteiger partial charge is 0.390 e. The third-order valence-corrected chi connectivity index (χ3v) is 4.33. The molecule has 1 aliphatic rings. The molecule has 2 aromatic carbocycles. The predicted octanol–water partition coefficient (Wildman–Crippen LogP) is 3.43. The van der Waals surface area contributed by atoms with Crippen molar-refractivity contribution in [3.8, 4) is 0 Å². The third-order valence-electron chi connectivity index (χ3n) is 3.92. The number of benzene rings is 2. The fraction of sp³-hybridized carbons (Fsp3) is 0.235. The molecule has 0 radical (unpaired) electrons. The van der Waals surface area contributed by atoms with E-state index < -0.39 is 12.1 Å². The molecule has 0 spiro atoms. The fourth-order valence-corrected chi connectivity index (χ4v) is 2.91. The van der Waals surface area contributed by atoms with E-state index in [-0.39, 0.29) is 6.03 Å². The number of rotatable bonds is 2. The molecule has 0 bridgehead atoms. The second-order valence-corrected chi connectivity index (χ2v) is 5.92. The monoisotopic (exact) mass is 316 g/mol. The average molecular weight is 317 g/mol. The summed E-state index contributed by atoms with van der Waals surface area (Å²) in [7, 11) is 0. The van der Waals surface area contributed by atoms with Gasteiger partial charge in [-0.3, -0.25) is 0 Å². The van der Waals surface area contributed by atoms with Crippen LogP contribution in [-0.4, -0.2) is 17.2 Å². The number of nitrogens with one attached hydrogen (secondary N) is 2. The van der Waals surface area contributed by atoms with Gasteiger partial charge in [0.2, 0.25) is 0 Å². The van der Waals surface area contributed by atoms with Gasteiger partial charge in [0, 0.05) is 17.1 Å². The lowest BCUT2D eigenvalue weighted by atomic mass is 10.1. The summed E-state index contributed by atoms with van der Waals surface area (Å²) in [6.07, 6.45) is -0.0537. The van der Waals surface area contributed by atoms with E-state index >= 15 is 0 Å². The number of hydrogen-bond acceptors (Lipinski definition) is 2. The highest BCUT2D eigenvalue weighted by Crippen LogP contribution is 2.31. The molecule has 22 heavy (non-hydrogen) atoms. The first kappa shape index (κ1) is 14.9. The van der Waals surface area contributed by atoms with Gasteiger partial charge in [-0.05, 0) is 35.7 Å². The molecule has 2 aromatic rings. The number of aliphatic hydroxyl groups is 1. The highest BCUT2D eigenvalue weighted by atomic mass is 35.5. The Labute approximate surface area is 134 Å². The van der Waals surface area contributed by atoms with Crippen molar-refractivity contribution < 1.29 is 9.90 Å². The SMILES string of the molecule is Cc1ccc(NC(=O)N[C@@H]2c3ccccc3C[C@@H]2O)cc1Cl. The number of urea groups is 1. The van der Waals surface area contributed by atoms with E-state index in [1.165, 1.54) is 0 Å². The smallest absolute Gasteiger partial charge is 0.319 e. The lowest BCUT2D eigenvalue weighted by molar-refractivity contribution is 0.144. The van der Waals surface area contributed by atoms with Crippen LogP contribution in [0.3, 0.4) is 0 Å². The summed E-state index contributed by atoms with van der Waals surface area (Å²) in [5, 5.41) is 16.3. The molecule has 0 aromatic heterocycles. The summed E-state index contributed by atoms with van der Waals surface area (Å²) >= 11 is 6.05. The van der Waals surface area contributed by atoms with E-state index in [9.17, 15) is 9.90 Å². The highest BCUT2D eigenvalue weighted by Gasteiger charge is 2.31. The van der Waals surface area contributed by atoms with Gasteiger partial charge in [-0.2, -0.15) is 0 Å². The molecular weight excluding hydrogens is 300 g/mol. The van der Waals surface area contributed by atoms with Crippen LogP contribution in [0.5, 0.6) is 0 Å². The van der Waals surface area contributed by atoms with E-state index in [1.54, 1.807) is 12.1 Å². The summed E-state index contributed by atoms with van der Waals surface area (Å²) in [6, 6.07) is 12.3. The molecule has 3 rings (SSSR count). The summed E-state index contributed by atoms with van der Waals surface area (Å²) in [5.74, 6) is 0.